The number of hydrogen-bond donors (Lipinski definition) is 1. The first-order valence-electron chi connectivity index (χ1n) is 6.28. The van der Waals surface area contributed by atoms with E-state index in [0.29, 0.717) is 17.8 Å². The quantitative estimate of drug-likeness (QED) is 0.903. The molecule has 2 rings (SSSR count). The Hall–Kier alpha value is -1.88. The maximum atomic E-state index is 12.6. The molecule has 0 aromatic heterocycles. The molecule has 1 aromatic rings. The fourth-order valence-electron chi connectivity index (χ4n) is 2.08. The van der Waals surface area contributed by atoms with Crippen molar-refractivity contribution in [1.29, 1.82) is 0 Å². The number of carbonyl (C=O) groups is 2. The Morgan fingerprint density at radius 3 is 2.79 bits per heavy atom. The minimum absolute atomic E-state index is 0.0226. The van der Waals surface area contributed by atoms with Crippen molar-refractivity contribution in [2.45, 2.75) is 25.9 Å². The molecule has 0 bridgehead atoms. The first-order valence-corrected chi connectivity index (χ1v) is 6.28. The summed E-state index contributed by atoms with van der Waals surface area (Å²) in [5.74, 6) is -0.388. The van der Waals surface area contributed by atoms with Crippen LogP contribution < -0.4 is 10.2 Å². The molecule has 1 unspecified atom stereocenters. The molecule has 5 nitrogen and oxygen atoms in total. The van der Waals surface area contributed by atoms with Crippen molar-refractivity contribution in [1.82, 2.24) is 0 Å². The van der Waals surface area contributed by atoms with Crippen molar-refractivity contribution >= 4 is 23.2 Å². The number of ether oxygens (including phenoxy) is 1. The number of carbonyl (C=O) groups excluding carboxylic acids is 2. The first kappa shape index (κ1) is 13.5. The van der Waals surface area contributed by atoms with E-state index in [2.05, 4.69) is 5.32 Å². The Labute approximate surface area is 112 Å². The number of anilines is 2. The molecule has 1 aromatic carbocycles. The second kappa shape index (κ2) is 5.01. The SMILES string of the molecule is CCC(C)(OC)C(=O)N1CC(=O)Nc2ccccc21. The molecule has 0 radical (unpaired) electrons. The molecule has 1 atom stereocenters. The van der Waals surface area contributed by atoms with Gasteiger partial charge in [0.2, 0.25) is 5.91 Å². The van der Waals surface area contributed by atoms with Crippen LogP contribution in [0.4, 0.5) is 11.4 Å². The number of para-hydroxylation sites is 2. The lowest BCUT2D eigenvalue weighted by molar-refractivity contribution is -0.139. The van der Waals surface area contributed by atoms with Crippen molar-refractivity contribution < 1.29 is 14.3 Å². The largest absolute Gasteiger partial charge is 0.369 e. The Kier molecular flexibility index (Phi) is 3.57. The second-order valence-corrected chi connectivity index (χ2v) is 4.75. The molecule has 1 heterocycles. The highest BCUT2D eigenvalue weighted by molar-refractivity contribution is 6.11. The fourth-order valence-corrected chi connectivity index (χ4v) is 2.08. The van der Waals surface area contributed by atoms with Gasteiger partial charge < -0.3 is 10.1 Å². The molecular weight excluding hydrogens is 244 g/mol. The summed E-state index contributed by atoms with van der Waals surface area (Å²) in [6, 6.07) is 7.26. The van der Waals surface area contributed by atoms with E-state index in [1.807, 2.05) is 25.1 Å². The summed E-state index contributed by atoms with van der Waals surface area (Å²) < 4.78 is 5.33. The molecule has 5 heteroatoms. The summed E-state index contributed by atoms with van der Waals surface area (Å²) in [5, 5.41) is 2.76. The van der Waals surface area contributed by atoms with Crippen LogP contribution in [0.1, 0.15) is 20.3 Å². The van der Waals surface area contributed by atoms with Crippen molar-refractivity contribution in [3.8, 4) is 0 Å². The second-order valence-electron chi connectivity index (χ2n) is 4.75. The van der Waals surface area contributed by atoms with Crippen LogP contribution >= 0.6 is 0 Å². The van der Waals surface area contributed by atoms with Crippen LogP contribution in [0.2, 0.25) is 0 Å². The van der Waals surface area contributed by atoms with Gasteiger partial charge in [-0.2, -0.15) is 0 Å². The van der Waals surface area contributed by atoms with Crippen molar-refractivity contribution in [2.75, 3.05) is 23.9 Å². The normalized spacial score (nSPS) is 17.4. The van der Waals surface area contributed by atoms with Gasteiger partial charge in [-0.3, -0.25) is 14.5 Å². The number of benzene rings is 1. The van der Waals surface area contributed by atoms with Crippen LogP contribution in [-0.2, 0) is 14.3 Å². The highest BCUT2D eigenvalue weighted by Crippen LogP contribution is 2.31. The van der Waals surface area contributed by atoms with Crippen LogP contribution in [0.25, 0.3) is 0 Å². The molecule has 0 saturated carbocycles. The van der Waals surface area contributed by atoms with Gasteiger partial charge in [-0.15, -0.1) is 0 Å². The smallest absolute Gasteiger partial charge is 0.259 e. The lowest BCUT2D eigenvalue weighted by atomic mass is 10.00. The molecule has 0 spiro atoms. The van der Waals surface area contributed by atoms with E-state index >= 15 is 0 Å². The number of hydrogen-bond acceptors (Lipinski definition) is 3. The summed E-state index contributed by atoms with van der Waals surface area (Å²) >= 11 is 0. The molecule has 1 aliphatic heterocycles. The Balaban J connectivity index is 2.40. The van der Waals surface area contributed by atoms with Crippen molar-refractivity contribution in [3.05, 3.63) is 24.3 Å². The van der Waals surface area contributed by atoms with Gasteiger partial charge in [0.1, 0.15) is 12.1 Å². The third-order valence-corrected chi connectivity index (χ3v) is 3.59. The van der Waals surface area contributed by atoms with Gasteiger partial charge in [0.05, 0.1) is 11.4 Å². The Morgan fingerprint density at radius 2 is 2.16 bits per heavy atom. The lowest BCUT2D eigenvalue weighted by Gasteiger charge is -2.35. The fraction of sp³-hybridized carbons (Fsp3) is 0.429. The van der Waals surface area contributed by atoms with Crippen LogP contribution in [-0.4, -0.2) is 31.1 Å². The van der Waals surface area contributed by atoms with Gasteiger partial charge in [-0.1, -0.05) is 19.1 Å². The average Bonchev–Trinajstić information content (AvgIpc) is 2.44. The van der Waals surface area contributed by atoms with Crippen LogP contribution in [0.5, 0.6) is 0 Å². The third-order valence-electron chi connectivity index (χ3n) is 3.59. The molecule has 0 fully saturated rings. The predicted molar refractivity (Wildman–Crippen MR) is 73.1 cm³/mol. The minimum atomic E-state index is -0.912. The number of fused-ring (bicyclic) bond motifs is 1. The lowest BCUT2D eigenvalue weighted by Crippen LogP contribution is -2.52. The molecule has 0 saturated heterocycles. The monoisotopic (exact) mass is 262 g/mol. The van der Waals surface area contributed by atoms with E-state index in [0.717, 1.165) is 0 Å². The molecule has 0 aliphatic carbocycles. The zero-order valence-corrected chi connectivity index (χ0v) is 11.4. The number of rotatable bonds is 3. The standard InChI is InChI=1S/C14H18N2O3/c1-4-14(2,19-3)13(18)16-9-12(17)15-10-7-5-6-8-11(10)16/h5-8H,4,9H2,1-3H3,(H,15,17). The molecule has 102 valence electrons. The van der Waals surface area contributed by atoms with Crippen LogP contribution in [0.15, 0.2) is 24.3 Å². The zero-order valence-electron chi connectivity index (χ0n) is 11.4. The zero-order chi connectivity index (χ0) is 14.0. The van der Waals surface area contributed by atoms with Gasteiger partial charge >= 0.3 is 0 Å². The third kappa shape index (κ3) is 2.33. The predicted octanol–water partition coefficient (Wildman–Crippen LogP) is 1.79. The Morgan fingerprint density at radius 1 is 1.47 bits per heavy atom. The molecule has 1 N–H and O–H groups in total. The summed E-state index contributed by atoms with van der Waals surface area (Å²) in [6.45, 7) is 3.65. The number of nitrogens with zero attached hydrogens (tertiary/aromatic N) is 1. The van der Waals surface area contributed by atoms with Gasteiger partial charge in [-0.25, -0.2) is 0 Å². The van der Waals surface area contributed by atoms with E-state index in [9.17, 15) is 9.59 Å². The summed E-state index contributed by atoms with van der Waals surface area (Å²) in [6.07, 6.45) is 0.544. The molecule has 1 aliphatic rings. The molecular formula is C14H18N2O3. The van der Waals surface area contributed by atoms with E-state index in [1.165, 1.54) is 12.0 Å². The van der Waals surface area contributed by atoms with Crippen molar-refractivity contribution in [2.24, 2.45) is 0 Å². The van der Waals surface area contributed by atoms with Gasteiger partial charge in [0, 0.05) is 7.11 Å². The number of amides is 2. The average molecular weight is 262 g/mol. The topological polar surface area (TPSA) is 58.6 Å². The van der Waals surface area contributed by atoms with E-state index in [-0.39, 0.29) is 18.4 Å². The Bertz CT molecular complexity index is 509. The van der Waals surface area contributed by atoms with Crippen LogP contribution in [0.3, 0.4) is 0 Å². The highest BCUT2D eigenvalue weighted by atomic mass is 16.5. The van der Waals surface area contributed by atoms with Gasteiger partial charge in [0.25, 0.3) is 5.91 Å². The maximum Gasteiger partial charge on any atom is 0.259 e. The van der Waals surface area contributed by atoms with E-state index < -0.39 is 5.60 Å². The molecule has 2 amide bonds. The summed E-state index contributed by atoms with van der Waals surface area (Å²) in [7, 11) is 1.51. The van der Waals surface area contributed by atoms with Gasteiger partial charge in [-0.05, 0) is 25.5 Å². The summed E-state index contributed by atoms with van der Waals surface area (Å²) in [4.78, 5) is 25.8. The first-order chi connectivity index (χ1) is 9.01. The molecule has 19 heavy (non-hydrogen) atoms. The maximum absolute atomic E-state index is 12.6. The van der Waals surface area contributed by atoms with Gasteiger partial charge in [0.15, 0.2) is 0 Å². The highest BCUT2D eigenvalue weighted by Gasteiger charge is 2.38. The van der Waals surface area contributed by atoms with E-state index in [4.69, 9.17) is 4.74 Å². The number of nitrogens with one attached hydrogen (secondary N) is 1. The summed E-state index contributed by atoms with van der Waals surface area (Å²) in [5.41, 5.74) is 0.454. The van der Waals surface area contributed by atoms with Crippen LogP contribution in [0, 0.1) is 0 Å². The minimum Gasteiger partial charge on any atom is -0.369 e. The number of methoxy groups -OCH3 is 1. The van der Waals surface area contributed by atoms with Crippen molar-refractivity contribution in [3.63, 3.8) is 0 Å². The van der Waals surface area contributed by atoms with E-state index in [1.54, 1.807) is 13.0 Å².